The van der Waals surface area contributed by atoms with Crippen LogP contribution in [0.15, 0.2) is 79.4 Å². The summed E-state index contributed by atoms with van der Waals surface area (Å²) in [6, 6.07) is 17.9. The molecule has 2 aliphatic heterocycles. The third kappa shape index (κ3) is 7.56. The summed E-state index contributed by atoms with van der Waals surface area (Å²) in [5.74, 6) is 2.11. The van der Waals surface area contributed by atoms with Gasteiger partial charge in [-0.2, -0.15) is 0 Å². The Labute approximate surface area is 304 Å². The SMILES string of the molecule is CC(C)[C@@H](Nc1ncccn1)C(=O)N1CCC[C@H]1c1ncc(-c2ccc(-c3ccc(-c4cnc([C@@H]5CCCN5C(=O)OC(C)(C)C)[nH]4)cc3)cc2)[nH]1. The van der Waals surface area contributed by atoms with Crippen molar-refractivity contribution < 1.29 is 14.3 Å². The van der Waals surface area contributed by atoms with E-state index in [0.717, 1.165) is 71.0 Å². The van der Waals surface area contributed by atoms with E-state index in [0.29, 0.717) is 19.0 Å². The van der Waals surface area contributed by atoms with Crippen LogP contribution >= 0.6 is 0 Å². The molecule has 0 radical (unpaired) electrons. The molecule has 0 unspecified atom stereocenters. The molecular weight excluding hydrogens is 654 g/mol. The molecule has 2 aliphatic rings. The number of likely N-dealkylation sites (tertiary alicyclic amines) is 2. The number of nitrogens with zero attached hydrogens (tertiary/aromatic N) is 6. The van der Waals surface area contributed by atoms with E-state index < -0.39 is 11.6 Å². The maximum Gasteiger partial charge on any atom is 0.410 e. The lowest BCUT2D eigenvalue weighted by atomic mass is 10.0. The van der Waals surface area contributed by atoms with Gasteiger partial charge >= 0.3 is 6.09 Å². The van der Waals surface area contributed by atoms with Crippen LogP contribution in [0.5, 0.6) is 0 Å². The van der Waals surface area contributed by atoms with Crippen LogP contribution in [-0.4, -0.2) is 76.4 Å². The molecule has 0 spiro atoms. The topological polar surface area (TPSA) is 145 Å². The van der Waals surface area contributed by atoms with Gasteiger partial charge in [-0.05, 0) is 80.7 Å². The summed E-state index contributed by atoms with van der Waals surface area (Å²) in [5.41, 5.74) is 5.52. The van der Waals surface area contributed by atoms with Crippen LogP contribution in [-0.2, 0) is 9.53 Å². The van der Waals surface area contributed by atoms with Gasteiger partial charge in [0.05, 0.1) is 35.9 Å². The maximum absolute atomic E-state index is 13.8. The molecular formula is C40H47N9O3. The molecule has 5 heterocycles. The number of aromatic nitrogens is 6. The molecule has 2 amide bonds. The number of carbonyl (C=O) groups excluding carboxylic acids is 2. The Morgan fingerprint density at radius 3 is 1.73 bits per heavy atom. The molecule has 0 aliphatic carbocycles. The van der Waals surface area contributed by atoms with Crippen molar-refractivity contribution in [1.82, 2.24) is 39.7 Å². The van der Waals surface area contributed by atoms with E-state index in [2.05, 4.69) is 78.8 Å². The van der Waals surface area contributed by atoms with Crippen molar-refractivity contribution in [3.63, 3.8) is 0 Å². The molecule has 52 heavy (non-hydrogen) atoms. The molecule has 3 aromatic heterocycles. The Bertz CT molecular complexity index is 1980. The fraction of sp³-hybridized carbons (Fsp3) is 0.400. The molecule has 2 saturated heterocycles. The second kappa shape index (κ2) is 14.6. The highest BCUT2D eigenvalue weighted by Crippen LogP contribution is 2.35. The van der Waals surface area contributed by atoms with Crippen LogP contribution in [0.1, 0.15) is 84.0 Å². The van der Waals surface area contributed by atoms with E-state index >= 15 is 0 Å². The number of hydrogen-bond acceptors (Lipinski definition) is 8. The molecule has 0 saturated carbocycles. The molecule has 3 N–H and O–H groups in total. The van der Waals surface area contributed by atoms with Crippen molar-refractivity contribution in [3.8, 4) is 33.6 Å². The number of carbonyl (C=O) groups is 2. The van der Waals surface area contributed by atoms with E-state index in [1.165, 1.54) is 0 Å². The summed E-state index contributed by atoms with van der Waals surface area (Å²) in [5, 5.41) is 3.25. The van der Waals surface area contributed by atoms with Gasteiger partial charge < -0.3 is 24.9 Å². The number of ether oxygens (including phenoxy) is 1. The monoisotopic (exact) mass is 701 g/mol. The predicted molar refractivity (Wildman–Crippen MR) is 200 cm³/mol. The predicted octanol–water partition coefficient (Wildman–Crippen LogP) is 7.80. The number of H-pyrrole nitrogens is 2. The van der Waals surface area contributed by atoms with Crippen molar-refractivity contribution >= 4 is 17.9 Å². The third-order valence-corrected chi connectivity index (χ3v) is 9.75. The van der Waals surface area contributed by atoms with Crippen LogP contribution < -0.4 is 5.32 Å². The molecule has 2 fully saturated rings. The van der Waals surface area contributed by atoms with Gasteiger partial charge in [-0.25, -0.2) is 24.7 Å². The lowest BCUT2D eigenvalue weighted by molar-refractivity contribution is -0.134. The van der Waals surface area contributed by atoms with Gasteiger partial charge in [-0.15, -0.1) is 0 Å². The smallest absolute Gasteiger partial charge is 0.410 e. The van der Waals surface area contributed by atoms with Gasteiger partial charge in [0.2, 0.25) is 11.9 Å². The zero-order chi connectivity index (χ0) is 36.4. The van der Waals surface area contributed by atoms with Crippen LogP contribution in [0.2, 0.25) is 0 Å². The second-order valence-corrected chi connectivity index (χ2v) is 15.0. The van der Waals surface area contributed by atoms with Crippen molar-refractivity contribution in [2.24, 2.45) is 5.92 Å². The lowest BCUT2D eigenvalue weighted by Crippen LogP contribution is -2.45. The summed E-state index contributed by atoms with van der Waals surface area (Å²) in [4.78, 5) is 55.2. The van der Waals surface area contributed by atoms with Gasteiger partial charge in [0.15, 0.2) is 0 Å². The second-order valence-electron chi connectivity index (χ2n) is 15.0. The number of hydrogen-bond donors (Lipinski definition) is 3. The normalized spacial score (nSPS) is 18.2. The van der Waals surface area contributed by atoms with E-state index in [1.807, 2.05) is 51.9 Å². The highest BCUT2D eigenvalue weighted by Gasteiger charge is 2.37. The van der Waals surface area contributed by atoms with Crippen molar-refractivity contribution in [2.45, 2.75) is 84.0 Å². The Kier molecular flexibility index (Phi) is 9.81. The van der Waals surface area contributed by atoms with Gasteiger partial charge in [0.25, 0.3) is 0 Å². The number of rotatable bonds is 9. The molecule has 7 rings (SSSR count). The van der Waals surface area contributed by atoms with Crippen LogP contribution in [0.3, 0.4) is 0 Å². The van der Waals surface area contributed by atoms with Gasteiger partial charge in [0.1, 0.15) is 23.3 Å². The van der Waals surface area contributed by atoms with Crippen molar-refractivity contribution in [2.75, 3.05) is 18.4 Å². The third-order valence-electron chi connectivity index (χ3n) is 9.75. The minimum absolute atomic E-state index is 0.0323. The molecule has 3 atom stereocenters. The molecule has 5 aromatic rings. The van der Waals surface area contributed by atoms with Gasteiger partial charge in [-0.3, -0.25) is 9.69 Å². The fourth-order valence-electron chi connectivity index (χ4n) is 7.10. The summed E-state index contributed by atoms with van der Waals surface area (Å²) in [7, 11) is 0. The number of benzene rings is 2. The first-order valence-electron chi connectivity index (χ1n) is 18.2. The summed E-state index contributed by atoms with van der Waals surface area (Å²) < 4.78 is 5.64. The minimum Gasteiger partial charge on any atom is -0.444 e. The summed E-state index contributed by atoms with van der Waals surface area (Å²) in [6.07, 6.45) is 10.3. The fourth-order valence-corrected chi connectivity index (χ4v) is 7.10. The van der Waals surface area contributed by atoms with E-state index in [1.54, 1.807) is 23.4 Å². The summed E-state index contributed by atoms with van der Waals surface area (Å²) in [6.45, 7) is 11.1. The highest BCUT2D eigenvalue weighted by molar-refractivity contribution is 5.85. The largest absolute Gasteiger partial charge is 0.444 e. The number of imidazole rings is 2. The Morgan fingerprint density at radius 2 is 1.23 bits per heavy atom. The quantitative estimate of drug-likeness (QED) is 0.141. The highest BCUT2D eigenvalue weighted by atomic mass is 16.6. The number of nitrogens with one attached hydrogen (secondary N) is 3. The first-order chi connectivity index (χ1) is 25.0. The zero-order valence-corrected chi connectivity index (χ0v) is 30.5. The molecule has 0 bridgehead atoms. The summed E-state index contributed by atoms with van der Waals surface area (Å²) >= 11 is 0. The molecule has 12 nitrogen and oxygen atoms in total. The average Bonchev–Trinajstić information content (AvgIpc) is 3.97. The van der Waals surface area contributed by atoms with Crippen molar-refractivity contribution in [3.05, 3.63) is 91.0 Å². The van der Waals surface area contributed by atoms with Crippen LogP contribution in [0.25, 0.3) is 33.6 Å². The van der Waals surface area contributed by atoms with Gasteiger partial charge in [0, 0.05) is 25.5 Å². The first kappa shape index (κ1) is 34.9. The number of amides is 2. The van der Waals surface area contributed by atoms with Gasteiger partial charge in [-0.1, -0.05) is 62.4 Å². The molecule has 12 heteroatoms. The minimum atomic E-state index is -0.542. The Morgan fingerprint density at radius 1 is 0.750 bits per heavy atom. The number of anilines is 1. The van der Waals surface area contributed by atoms with E-state index in [9.17, 15) is 9.59 Å². The lowest BCUT2D eigenvalue weighted by Gasteiger charge is -2.30. The van der Waals surface area contributed by atoms with Crippen molar-refractivity contribution in [1.29, 1.82) is 0 Å². The van der Waals surface area contributed by atoms with Crippen LogP contribution in [0, 0.1) is 5.92 Å². The van der Waals surface area contributed by atoms with E-state index in [-0.39, 0.29) is 30.0 Å². The molecule has 2 aromatic carbocycles. The Hall–Kier alpha value is -5.52. The standard InChI is InChI=1S/C40H47N9O3/c1-25(2)34(47-38-41-19-8-20-42-38)37(50)48-21-6-9-32(48)35-43-23-30(45-35)28-15-11-26(12-16-28)27-13-17-29(18-14-27)31-24-44-36(46-31)33-10-7-22-49(33)39(51)52-40(3,4)5/h8,11-20,23-25,32-34H,6-7,9-10,21-22H2,1-5H3,(H,43,45)(H,44,46)(H,41,42,47)/t32-,33-,34+/m0/s1. The number of aromatic amines is 2. The maximum atomic E-state index is 13.8. The zero-order valence-electron chi connectivity index (χ0n) is 30.5. The Balaban J connectivity index is 1.00. The van der Waals surface area contributed by atoms with Crippen LogP contribution in [0.4, 0.5) is 10.7 Å². The van der Waals surface area contributed by atoms with E-state index in [4.69, 9.17) is 9.72 Å². The first-order valence-corrected chi connectivity index (χ1v) is 18.2. The molecule has 270 valence electrons. The average molecular weight is 702 g/mol.